The van der Waals surface area contributed by atoms with E-state index in [9.17, 15) is 69.5 Å². The standard InChI is InChI=1S/C30H20F12N2O4S2/c31-27(32,33)19-11-20(28(34,35)36)14-23(13-19)49(45,46)43-25(17-7-3-1-4-8-17)26(18-9-5-2-6-10-18)44-50(47,48)24-15-21(29(37,38)39)12-22(16-24)30(40,41)42/h1-16,25-26,43-44H. The molecule has 4 aromatic rings. The van der Waals surface area contributed by atoms with Crippen LogP contribution in [0.15, 0.2) is 107 Å². The van der Waals surface area contributed by atoms with Gasteiger partial charge < -0.3 is 0 Å². The summed E-state index contributed by atoms with van der Waals surface area (Å²) in [7, 11) is -11.0. The zero-order chi connectivity index (χ0) is 37.5. The molecule has 0 aliphatic heterocycles. The van der Waals surface area contributed by atoms with Crippen LogP contribution >= 0.6 is 0 Å². The lowest BCUT2D eigenvalue weighted by Gasteiger charge is -2.30. The van der Waals surface area contributed by atoms with Crippen LogP contribution in [0.4, 0.5) is 52.7 Å². The Morgan fingerprint density at radius 2 is 0.640 bits per heavy atom. The third kappa shape index (κ3) is 9.15. The van der Waals surface area contributed by atoms with Gasteiger partial charge in [0, 0.05) is 0 Å². The third-order valence-electron chi connectivity index (χ3n) is 6.96. The van der Waals surface area contributed by atoms with Gasteiger partial charge in [0.25, 0.3) is 0 Å². The maximum Gasteiger partial charge on any atom is 0.416 e. The summed E-state index contributed by atoms with van der Waals surface area (Å²) in [5, 5.41) is 0. The highest BCUT2D eigenvalue weighted by Crippen LogP contribution is 2.40. The van der Waals surface area contributed by atoms with Gasteiger partial charge in [0.1, 0.15) is 0 Å². The molecule has 0 spiro atoms. The van der Waals surface area contributed by atoms with Crippen LogP contribution in [0.25, 0.3) is 0 Å². The Bertz CT molecular complexity index is 1830. The summed E-state index contributed by atoms with van der Waals surface area (Å²) >= 11 is 0. The van der Waals surface area contributed by atoms with E-state index in [1.54, 1.807) is 0 Å². The molecule has 0 aliphatic carbocycles. The number of nitrogens with one attached hydrogen (secondary N) is 2. The molecule has 6 nitrogen and oxygen atoms in total. The topological polar surface area (TPSA) is 92.3 Å². The molecule has 0 aliphatic rings. The summed E-state index contributed by atoms with van der Waals surface area (Å²) in [6.45, 7) is 0. The van der Waals surface area contributed by atoms with Crippen molar-refractivity contribution in [3.63, 3.8) is 0 Å². The van der Waals surface area contributed by atoms with Crippen molar-refractivity contribution in [2.75, 3.05) is 0 Å². The second-order valence-corrected chi connectivity index (χ2v) is 13.9. The maximum atomic E-state index is 13.6. The Labute approximate surface area is 275 Å². The minimum Gasteiger partial charge on any atom is -0.207 e. The van der Waals surface area contributed by atoms with E-state index in [4.69, 9.17) is 0 Å². The summed E-state index contributed by atoms with van der Waals surface area (Å²) < 4.78 is 221. The fraction of sp³-hybridized carbons (Fsp3) is 0.200. The predicted octanol–water partition coefficient (Wildman–Crippen LogP) is 8.50. The highest BCUT2D eigenvalue weighted by atomic mass is 32.2. The molecule has 270 valence electrons. The molecule has 0 radical (unpaired) electrons. The Morgan fingerprint density at radius 1 is 0.400 bits per heavy atom. The SMILES string of the molecule is O=S(=O)(NC(c1ccccc1)C(NS(=O)(=O)c1cc(C(F)(F)F)cc(C(F)(F)F)c1)c1ccccc1)c1cc(C(F)(F)F)cc(C(F)(F)F)c1. The Balaban J connectivity index is 1.93. The first kappa shape index (κ1) is 38.7. The van der Waals surface area contributed by atoms with E-state index in [0.717, 1.165) is 24.3 Å². The first-order chi connectivity index (χ1) is 22.8. The zero-order valence-corrected chi connectivity index (χ0v) is 26.0. The van der Waals surface area contributed by atoms with Crippen molar-refractivity contribution in [1.82, 2.24) is 9.44 Å². The highest BCUT2D eigenvalue weighted by Gasteiger charge is 2.41. The van der Waals surface area contributed by atoms with Gasteiger partial charge in [-0.1, -0.05) is 60.7 Å². The van der Waals surface area contributed by atoms with E-state index in [0.29, 0.717) is 0 Å². The largest absolute Gasteiger partial charge is 0.416 e. The van der Waals surface area contributed by atoms with Crippen molar-refractivity contribution in [2.45, 2.75) is 46.6 Å². The number of alkyl halides is 12. The molecule has 2 atom stereocenters. The smallest absolute Gasteiger partial charge is 0.207 e. The van der Waals surface area contributed by atoms with Crippen molar-refractivity contribution >= 4 is 20.0 Å². The van der Waals surface area contributed by atoms with Crippen molar-refractivity contribution in [2.24, 2.45) is 0 Å². The number of sulfonamides is 2. The second kappa shape index (κ2) is 13.5. The molecule has 0 amide bonds. The van der Waals surface area contributed by atoms with Gasteiger partial charge in [0.05, 0.1) is 44.1 Å². The lowest BCUT2D eigenvalue weighted by atomic mass is 9.95. The van der Waals surface area contributed by atoms with Crippen LogP contribution in [-0.4, -0.2) is 16.8 Å². The van der Waals surface area contributed by atoms with Gasteiger partial charge in [-0.15, -0.1) is 0 Å². The van der Waals surface area contributed by atoms with Crippen LogP contribution in [0.1, 0.15) is 45.5 Å². The van der Waals surface area contributed by atoms with Gasteiger partial charge in [-0.05, 0) is 47.5 Å². The van der Waals surface area contributed by atoms with Gasteiger partial charge in [-0.25, -0.2) is 26.3 Å². The van der Waals surface area contributed by atoms with Crippen molar-refractivity contribution in [3.05, 3.63) is 130 Å². The van der Waals surface area contributed by atoms with Crippen LogP contribution in [0.2, 0.25) is 0 Å². The van der Waals surface area contributed by atoms with E-state index in [1.165, 1.54) is 36.4 Å². The molecule has 0 saturated heterocycles. The second-order valence-electron chi connectivity index (χ2n) is 10.5. The van der Waals surface area contributed by atoms with Crippen LogP contribution in [0.3, 0.4) is 0 Å². The minimum absolute atomic E-state index is 0.109. The van der Waals surface area contributed by atoms with E-state index in [1.807, 2.05) is 9.44 Å². The number of rotatable bonds is 9. The Morgan fingerprint density at radius 3 is 0.860 bits per heavy atom. The molecule has 0 aromatic heterocycles. The van der Waals surface area contributed by atoms with E-state index < -0.39 is 88.9 Å². The first-order valence-corrected chi connectivity index (χ1v) is 16.5. The monoisotopic (exact) mass is 764 g/mol. The molecule has 4 rings (SSSR count). The molecule has 0 bridgehead atoms. The summed E-state index contributed by atoms with van der Waals surface area (Å²) in [6, 6.07) is 7.44. The van der Waals surface area contributed by atoms with Crippen molar-refractivity contribution < 1.29 is 69.5 Å². The molecule has 50 heavy (non-hydrogen) atoms. The Kier molecular flexibility index (Phi) is 10.5. The number of hydrogen-bond acceptors (Lipinski definition) is 4. The first-order valence-electron chi connectivity index (χ1n) is 13.5. The van der Waals surface area contributed by atoms with Gasteiger partial charge in [-0.3, -0.25) is 0 Å². The summed E-state index contributed by atoms with van der Waals surface area (Å²) in [4.78, 5) is -3.11. The highest BCUT2D eigenvalue weighted by molar-refractivity contribution is 7.90. The van der Waals surface area contributed by atoms with Crippen LogP contribution in [0, 0.1) is 0 Å². The quantitative estimate of drug-likeness (QED) is 0.167. The molecule has 0 saturated carbocycles. The number of hydrogen-bond donors (Lipinski definition) is 2. The predicted molar refractivity (Wildman–Crippen MR) is 152 cm³/mol. The Hall–Kier alpha value is -4.14. The average molecular weight is 765 g/mol. The maximum absolute atomic E-state index is 13.6. The van der Waals surface area contributed by atoms with E-state index in [-0.39, 0.29) is 47.5 Å². The lowest BCUT2D eigenvalue weighted by molar-refractivity contribution is -0.145. The third-order valence-corrected chi connectivity index (χ3v) is 9.80. The van der Waals surface area contributed by atoms with Crippen LogP contribution < -0.4 is 9.44 Å². The number of benzene rings is 4. The fourth-order valence-electron chi connectivity index (χ4n) is 4.61. The molecule has 0 heterocycles. The zero-order valence-electron chi connectivity index (χ0n) is 24.4. The van der Waals surface area contributed by atoms with Crippen LogP contribution in [-0.2, 0) is 44.8 Å². The lowest BCUT2D eigenvalue weighted by Crippen LogP contribution is -2.41. The van der Waals surface area contributed by atoms with Crippen molar-refractivity contribution in [3.8, 4) is 0 Å². The molecule has 20 heteroatoms. The van der Waals surface area contributed by atoms with E-state index in [2.05, 4.69) is 0 Å². The molecular formula is C30H20F12N2O4S2. The molecule has 4 aromatic carbocycles. The minimum atomic E-state index is -5.48. The molecule has 2 unspecified atom stereocenters. The van der Waals surface area contributed by atoms with E-state index >= 15 is 0 Å². The molecular weight excluding hydrogens is 744 g/mol. The van der Waals surface area contributed by atoms with Gasteiger partial charge in [-0.2, -0.15) is 52.7 Å². The number of halogens is 12. The van der Waals surface area contributed by atoms with Crippen molar-refractivity contribution in [1.29, 1.82) is 0 Å². The van der Waals surface area contributed by atoms with Gasteiger partial charge in [0.15, 0.2) is 0 Å². The normalized spacial score (nSPS) is 14.7. The van der Waals surface area contributed by atoms with Gasteiger partial charge in [0.2, 0.25) is 20.0 Å². The molecule has 2 N–H and O–H groups in total. The average Bonchev–Trinajstić information content (AvgIpc) is 3.01. The van der Waals surface area contributed by atoms with Crippen LogP contribution in [0.5, 0.6) is 0 Å². The summed E-state index contributed by atoms with van der Waals surface area (Å²) in [5.41, 5.74) is -8.39. The molecule has 0 fully saturated rings. The summed E-state index contributed by atoms with van der Waals surface area (Å²) in [6.07, 6.45) is -21.9. The fourth-order valence-corrected chi connectivity index (χ4v) is 7.22. The summed E-state index contributed by atoms with van der Waals surface area (Å²) in [5.74, 6) is 0. The van der Waals surface area contributed by atoms with Gasteiger partial charge >= 0.3 is 24.7 Å².